The summed E-state index contributed by atoms with van der Waals surface area (Å²) in [5, 5.41) is 0. The molecule has 0 bridgehead atoms. The molecule has 2 aliphatic rings. The number of amides is 1. The largest absolute Gasteiger partial charge is 0.463 e. The lowest BCUT2D eigenvalue weighted by atomic mass is 10.1. The monoisotopic (exact) mass is 503 g/mol. The first-order chi connectivity index (χ1) is 17.2. The maximum atomic E-state index is 12.6. The first-order valence-electron chi connectivity index (χ1n) is 11.8. The van der Waals surface area contributed by atoms with Crippen LogP contribution in [0.3, 0.4) is 0 Å². The number of ether oxygens (including phenoxy) is 4. The predicted molar refractivity (Wildman–Crippen MR) is 122 cm³/mol. The third-order valence-corrected chi connectivity index (χ3v) is 6.21. The van der Waals surface area contributed by atoms with E-state index in [9.17, 15) is 19.2 Å². The summed E-state index contributed by atoms with van der Waals surface area (Å²) in [4.78, 5) is 62.6. The van der Waals surface area contributed by atoms with E-state index >= 15 is 0 Å². The summed E-state index contributed by atoms with van der Waals surface area (Å²) in [6.07, 6.45) is 2.50. The van der Waals surface area contributed by atoms with Crippen molar-refractivity contribution in [2.75, 3.05) is 11.5 Å². The zero-order chi connectivity index (χ0) is 26.0. The minimum atomic E-state index is -1.08. The Hall–Kier alpha value is -3.61. The average Bonchev–Trinajstić information content (AvgIpc) is 3.53. The quantitative estimate of drug-likeness (QED) is 0.398. The Bertz CT molecular complexity index is 1160. The smallest absolute Gasteiger partial charge is 0.303 e. The average molecular weight is 504 g/mol. The molecule has 4 rings (SSSR count). The Morgan fingerprint density at radius 1 is 0.972 bits per heavy atom. The second kappa shape index (κ2) is 10.6. The molecule has 1 amide bonds. The number of rotatable bonds is 7. The van der Waals surface area contributed by atoms with Gasteiger partial charge in [0, 0.05) is 33.7 Å². The summed E-state index contributed by atoms with van der Waals surface area (Å²) in [5.74, 6) is -1.56. The van der Waals surface area contributed by atoms with Crippen molar-refractivity contribution in [2.45, 2.75) is 84.0 Å². The van der Waals surface area contributed by atoms with E-state index in [1.54, 1.807) is 4.90 Å². The number of fused-ring (bicyclic) bond motifs is 1. The fourth-order valence-corrected chi connectivity index (χ4v) is 4.86. The van der Waals surface area contributed by atoms with Crippen molar-refractivity contribution in [3.05, 3.63) is 12.7 Å². The highest BCUT2D eigenvalue weighted by Gasteiger charge is 2.51. The van der Waals surface area contributed by atoms with Gasteiger partial charge in [-0.15, -0.1) is 0 Å². The molecule has 0 aromatic carbocycles. The van der Waals surface area contributed by atoms with Gasteiger partial charge in [-0.3, -0.25) is 28.6 Å². The van der Waals surface area contributed by atoms with E-state index in [-0.39, 0.29) is 18.6 Å². The third kappa shape index (κ3) is 5.15. The summed E-state index contributed by atoms with van der Waals surface area (Å²) >= 11 is 0. The highest BCUT2D eigenvalue weighted by atomic mass is 16.7. The van der Waals surface area contributed by atoms with Gasteiger partial charge in [0.25, 0.3) is 0 Å². The third-order valence-electron chi connectivity index (χ3n) is 6.21. The van der Waals surface area contributed by atoms with Gasteiger partial charge in [0.2, 0.25) is 5.91 Å². The molecule has 36 heavy (non-hydrogen) atoms. The van der Waals surface area contributed by atoms with Gasteiger partial charge in [-0.2, -0.15) is 0 Å². The van der Waals surface area contributed by atoms with Gasteiger partial charge >= 0.3 is 17.9 Å². The van der Waals surface area contributed by atoms with Crippen molar-refractivity contribution in [3.8, 4) is 0 Å². The molecule has 3 heterocycles. The van der Waals surface area contributed by atoms with Gasteiger partial charge in [-0.1, -0.05) is 12.8 Å². The lowest BCUT2D eigenvalue weighted by Gasteiger charge is -2.27. The number of hydrogen-bond acceptors (Lipinski definition) is 11. The molecule has 194 valence electrons. The lowest BCUT2D eigenvalue weighted by Crippen LogP contribution is -2.40. The summed E-state index contributed by atoms with van der Waals surface area (Å²) < 4.78 is 23.6. The SMILES string of the molecule is CC(=O)OC[C@H]1O[C@@H](n2cnc3c(N(C(C)=O)C4CCCC4)ncnc32)[C@H](OC(C)=O)[C@@H]1OC(C)=O. The molecule has 13 nitrogen and oxygen atoms in total. The molecule has 2 aromatic heterocycles. The summed E-state index contributed by atoms with van der Waals surface area (Å²) in [6, 6.07) is 0.0173. The van der Waals surface area contributed by atoms with E-state index in [4.69, 9.17) is 18.9 Å². The molecule has 0 N–H and O–H groups in total. The van der Waals surface area contributed by atoms with Crippen molar-refractivity contribution in [2.24, 2.45) is 0 Å². The standard InChI is InChI=1S/C23H29N5O8/c1-12(29)28(16-7-5-6-8-16)22-18-21(24-10-25-22)27(11-26-18)23-20(35-15(4)32)19(34-14(3)31)17(36-23)9-33-13(2)30/h10-11,16-17,19-20,23H,5-9H2,1-4H3/t17-,19-,20-,23-/m1/s1. The van der Waals surface area contributed by atoms with Crippen molar-refractivity contribution >= 4 is 40.8 Å². The van der Waals surface area contributed by atoms with Gasteiger partial charge in [0.05, 0.1) is 6.33 Å². The number of anilines is 1. The van der Waals surface area contributed by atoms with Gasteiger partial charge in [0.15, 0.2) is 35.4 Å². The molecular weight excluding hydrogens is 474 g/mol. The van der Waals surface area contributed by atoms with E-state index < -0.39 is 42.4 Å². The van der Waals surface area contributed by atoms with Crippen LogP contribution in [-0.2, 0) is 38.1 Å². The number of aromatic nitrogens is 4. The van der Waals surface area contributed by atoms with Gasteiger partial charge in [0.1, 0.15) is 19.0 Å². The first-order valence-corrected chi connectivity index (χ1v) is 11.8. The number of nitrogens with zero attached hydrogens (tertiary/aromatic N) is 5. The molecule has 1 saturated heterocycles. The number of esters is 3. The molecule has 2 fully saturated rings. The van der Waals surface area contributed by atoms with Crippen molar-refractivity contribution in [3.63, 3.8) is 0 Å². The van der Waals surface area contributed by atoms with Gasteiger partial charge in [-0.05, 0) is 12.8 Å². The van der Waals surface area contributed by atoms with E-state index in [2.05, 4.69) is 15.0 Å². The van der Waals surface area contributed by atoms with Crippen LogP contribution in [0.2, 0.25) is 0 Å². The van der Waals surface area contributed by atoms with E-state index in [1.807, 2.05) is 0 Å². The molecule has 4 atom stereocenters. The molecule has 1 aliphatic carbocycles. The number of hydrogen-bond donors (Lipinski definition) is 0. The summed E-state index contributed by atoms with van der Waals surface area (Å²) in [6.45, 7) is 4.94. The van der Waals surface area contributed by atoms with E-state index in [1.165, 1.54) is 44.9 Å². The van der Waals surface area contributed by atoms with Gasteiger partial charge in [-0.25, -0.2) is 15.0 Å². The molecule has 2 aromatic rings. The molecule has 0 unspecified atom stereocenters. The van der Waals surface area contributed by atoms with Crippen LogP contribution in [0.25, 0.3) is 11.2 Å². The number of carbonyl (C=O) groups is 4. The fraction of sp³-hybridized carbons (Fsp3) is 0.609. The topological polar surface area (TPSA) is 152 Å². The maximum Gasteiger partial charge on any atom is 0.303 e. The van der Waals surface area contributed by atoms with Crippen LogP contribution in [0, 0.1) is 0 Å². The predicted octanol–water partition coefficient (Wildman–Crippen LogP) is 1.45. The maximum absolute atomic E-state index is 12.6. The van der Waals surface area contributed by atoms with Crippen LogP contribution in [0.1, 0.15) is 59.6 Å². The molecule has 0 spiro atoms. The Morgan fingerprint density at radius 2 is 1.64 bits per heavy atom. The normalized spacial score (nSPS) is 24.0. The second-order valence-electron chi connectivity index (χ2n) is 8.86. The van der Waals surface area contributed by atoms with Gasteiger partial charge < -0.3 is 18.9 Å². The molecule has 1 saturated carbocycles. The Kier molecular flexibility index (Phi) is 7.48. The Labute approximate surface area is 207 Å². The number of imidazole rings is 1. The minimum Gasteiger partial charge on any atom is -0.463 e. The fourth-order valence-electron chi connectivity index (χ4n) is 4.86. The van der Waals surface area contributed by atoms with Crippen LogP contribution in [-0.4, -0.2) is 74.3 Å². The first kappa shape index (κ1) is 25.5. The van der Waals surface area contributed by atoms with Crippen molar-refractivity contribution in [1.82, 2.24) is 19.5 Å². The van der Waals surface area contributed by atoms with Crippen LogP contribution < -0.4 is 4.90 Å². The van der Waals surface area contributed by atoms with Crippen LogP contribution in [0.5, 0.6) is 0 Å². The molecule has 13 heteroatoms. The van der Waals surface area contributed by atoms with Crippen LogP contribution in [0.15, 0.2) is 12.7 Å². The van der Waals surface area contributed by atoms with Crippen LogP contribution >= 0.6 is 0 Å². The van der Waals surface area contributed by atoms with E-state index in [0.29, 0.717) is 17.0 Å². The lowest BCUT2D eigenvalue weighted by molar-refractivity contribution is -0.166. The highest BCUT2D eigenvalue weighted by molar-refractivity contribution is 5.98. The highest BCUT2D eigenvalue weighted by Crippen LogP contribution is 2.37. The zero-order valence-corrected chi connectivity index (χ0v) is 20.6. The second-order valence-corrected chi connectivity index (χ2v) is 8.86. The Balaban J connectivity index is 1.75. The molecular formula is C23H29N5O8. The molecule has 1 aliphatic heterocycles. The Morgan fingerprint density at radius 3 is 2.25 bits per heavy atom. The zero-order valence-electron chi connectivity index (χ0n) is 20.6. The number of carbonyl (C=O) groups excluding carboxylic acids is 4. The van der Waals surface area contributed by atoms with E-state index in [0.717, 1.165) is 25.7 Å². The minimum absolute atomic E-state index is 0.0173. The molecule has 0 radical (unpaired) electrons. The van der Waals surface area contributed by atoms with Crippen molar-refractivity contribution < 1.29 is 38.1 Å². The van der Waals surface area contributed by atoms with Crippen LogP contribution in [0.4, 0.5) is 5.82 Å². The summed E-state index contributed by atoms with van der Waals surface area (Å²) in [7, 11) is 0. The van der Waals surface area contributed by atoms with Crippen molar-refractivity contribution in [1.29, 1.82) is 0 Å². The summed E-state index contributed by atoms with van der Waals surface area (Å²) in [5.41, 5.74) is 0.707.